The van der Waals surface area contributed by atoms with Crippen LogP contribution in [0, 0.1) is 0 Å². The van der Waals surface area contributed by atoms with Crippen LogP contribution >= 0.6 is 0 Å². The van der Waals surface area contributed by atoms with Crippen molar-refractivity contribution in [2.45, 2.75) is 38.0 Å². The smallest absolute Gasteiger partial charge is 0.124 e. The van der Waals surface area contributed by atoms with E-state index in [1.54, 1.807) is 7.11 Å². The second-order valence-corrected chi connectivity index (χ2v) is 6.53. The summed E-state index contributed by atoms with van der Waals surface area (Å²) in [6.07, 6.45) is 2.93. The van der Waals surface area contributed by atoms with Gasteiger partial charge in [-0.25, -0.2) is 0 Å². The van der Waals surface area contributed by atoms with E-state index in [1.807, 2.05) is 24.3 Å². The van der Waals surface area contributed by atoms with E-state index in [9.17, 15) is 5.11 Å². The number of nitrogens with one attached hydrogen (secondary N) is 1. The third-order valence-electron chi connectivity index (χ3n) is 4.73. The van der Waals surface area contributed by atoms with E-state index in [2.05, 4.69) is 29.6 Å². The Kier molecular flexibility index (Phi) is 6.45. The molecule has 0 spiro atoms. The number of rotatable bonds is 8. The molecule has 2 aromatic rings. The summed E-state index contributed by atoms with van der Waals surface area (Å²) < 4.78 is 11.0. The fraction of sp³-hybridized carbons (Fsp3) is 0.429. The number of aliphatic hydroxyl groups is 1. The molecule has 2 aromatic carbocycles. The molecule has 2 N–H and O–H groups in total. The van der Waals surface area contributed by atoms with Crippen LogP contribution in [0.3, 0.4) is 0 Å². The summed E-state index contributed by atoms with van der Waals surface area (Å²) in [5.41, 5.74) is 3.79. The molecule has 0 bridgehead atoms. The Morgan fingerprint density at radius 3 is 2.84 bits per heavy atom. The van der Waals surface area contributed by atoms with Gasteiger partial charge in [0.1, 0.15) is 5.75 Å². The van der Waals surface area contributed by atoms with Gasteiger partial charge in [0.05, 0.1) is 26.4 Å². The van der Waals surface area contributed by atoms with Crippen molar-refractivity contribution in [3.8, 4) is 5.75 Å². The van der Waals surface area contributed by atoms with Crippen LogP contribution in [0.2, 0.25) is 0 Å². The number of benzene rings is 2. The maximum atomic E-state index is 10.2. The van der Waals surface area contributed by atoms with Crippen LogP contribution in [0.25, 0.3) is 0 Å². The van der Waals surface area contributed by atoms with E-state index >= 15 is 0 Å². The molecule has 0 aromatic heterocycles. The average Bonchev–Trinajstić information content (AvgIpc) is 2.66. The van der Waals surface area contributed by atoms with Crippen LogP contribution in [-0.2, 0) is 17.8 Å². The molecule has 0 radical (unpaired) electrons. The van der Waals surface area contributed by atoms with Gasteiger partial charge in [-0.05, 0) is 36.5 Å². The molecular formula is C21H27NO3. The number of aryl methyl sites for hydroxylation is 1. The van der Waals surface area contributed by atoms with E-state index < -0.39 is 6.10 Å². The van der Waals surface area contributed by atoms with Crippen molar-refractivity contribution in [2.24, 2.45) is 0 Å². The Balaban J connectivity index is 1.44. The van der Waals surface area contributed by atoms with Crippen LogP contribution in [0.1, 0.15) is 35.6 Å². The minimum Gasteiger partial charge on any atom is -0.496 e. The number of methoxy groups -OCH3 is 1. The van der Waals surface area contributed by atoms with E-state index in [-0.39, 0.29) is 0 Å². The number of hydrogen-bond donors (Lipinski definition) is 2. The lowest BCUT2D eigenvalue weighted by Gasteiger charge is -2.27. The Morgan fingerprint density at radius 2 is 1.96 bits per heavy atom. The first-order valence-corrected chi connectivity index (χ1v) is 8.97. The topological polar surface area (TPSA) is 50.7 Å². The van der Waals surface area contributed by atoms with E-state index in [0.717, 1.165) is 24.2 Å². The summed E-state index contributed by atoms with van der Waals surface area (Å²) in [5, 5.41) is 13.7. The van der Waals surface area contributed by atoms with Crippen molar-refractivity contribution in [1.82, 2.24) is 5.32 Å². The fourth-order valence-electron chi connectivity index (χ4n) is 3.43. The highest BCUT2D eigenvalue weighted by molar-refractivity contribution is 5.33. The van der Waals surface area contributed by atoms with Crippen molar-refractivity contribution in [3.05, 3.63) is 65.2 Å². The summed E-state index contributed by atoms with van der Waals surface area (Å²) >= 11 is 0. The lowest BCUT2D eigenvalue weighted by Crippen LogP contribution is -2.34. The zero-order valence-corrected chi connectivity index (χ0v) is 14.8. The molecule has 0 unspecified atom stereocenters. The largest absolute Gasteiger partial charge is 0.496 e. The van der Waals surface area contributed by atoms with Gasteiger partial charge in [-0.1, -0.05) is 42.5 Å². The minimum absolute atomic E-state index is 0.305. The Hall–Kier alpha value is -1.88. The molecule has 0 saturated carbocycles. The number of para-hydroxylation sites is 1. The highest BCUT2D eigenvalue weighted by atomic mass is 16.5. The van der Waals surface area contributed by atoms with Gasteiger partial charge in [0, 0.05) is 18.2 Å². The Labute approximate surface area is 149 Å². The van der Waals surface area contributed by atoms with Crippen molar-refractivity contribution in [3.63, 3.8) is 0 Å². The summed E-state index contributed by atoms with van der Waals surface area (Å²) in [7, 11) is 1.65. The van der Waals surface area contributed by atoms with E-state index in [1.165, 1.54) is 17.5 Å². The second kappa shape index (κ2) is 8.99. The van der Waals surface area contributed by atoms with Gasteiger partial charge in [0.2, 0.25) is 0 Å². The molecule has 1 aliphatic rings. The van der Waals surface area contributed by atoms with Crippen molar-refractivity contribution in [1.29, 1.82) is 0 Å². The first-order chi connectivity index (χ1) is 12.3. The monoisotopic (exact) mass is 341 g/mol. The molecule has 4 heteroatoms. The van der Waals surface area contributed by atoms with Crippen molar-refractivity contribution >= 4 is 0 Å². The van der Waals surface area contributed by atoms with Crippen LogP contribution in [-0.4, -0.2) is 31.5 Å². The Morgan fingerprint density at radius 1 is 1.16 bits per heavy atom. The average molecular weight is 341 g/mol. The van der Waals surface area contributed by atoms with Crippen LogP contribution in [0.5, 0.6) is 5.75 Å². The molecule has 0 aliphatic heterocycles. The zero-order chi connectivity index (χ0) is 17.5. The standard InChI is InChI=1S/C21H27NO3/c1-24-21-12-5-3-8-17(21)14-25-15-18(23)13-22-20-11-6-9-16-7-2-4-10-19(16)20/h2-5,7-8,10,12,18,20,22-23H,6,9,11,13-15H2,1H3/t18-,20+/m1/s1. The van der Waals surface area contributed by atoms with Gasteiger partial charge >= 0.3 is 0 Å². The molecule has 134 valence electrons. The molecule has 2 atom stereocenters. The predicted molar refractivity (Wildman–Crippen MR) is 98.8 cm³/mol. The molecule has 0 saturated heterocycles. The van der Waals surface area contributed by atoms with Crippen LogP contribution in [0.4, 0.5) is 0 Å². The minimum atomic E-state index is -0.524. The predicted octanol–water partition coefficient (Wildman–Crippen LogP) is 3.24. The third kappa shape index (κ3) is 4.82. The molecule has 1 aliphatic carbocycles. The first-order valence-electron chi connectivity index (χ1n) is 8.97. The summed E-state index contributed by atoms with van der Waals surface area (Å²) in [5.74, 6) is 0.814. The van der Waals surface area contributed by atoms with Crippen LogP contribution < -0.4 is 10.1 Å². The normalized spacial score (nSPS) is 17.8. The van der Waals surface area contributed by atoms with Crippen molar-refractivity contribution < 1.29 is 14.6 Å². The Bertz CT molecular complexity index is 674. The van der Waals surface area contributed by atoms with Gasteiger partial charge in [0.15, 0.2) is 0 Å². The summed E-state index contributed by atoms with van der Waals surface area (Å²) in [4.78, 5) is 0. The summed E-state index contributed by atoms with van der Waals surface area (Å²) in [6, 6.07) is 16.7. The molecular weight excluding hydrogens is 314 g/mol. The zero-order valence-electron chi connectivity index (χ0n) is 14.8. The first kappa shape index (κ1) is 17.9. The fourth-order valence-corrected chi connectivity index (χ4v) is 3.43. The SMILES string of the molecule is COc1ccccc1COC[C@H](O)CN[C@H]1CCCc2ccccc21. The molecule has 0 heterocycles. The molecule has 25 heavy (non-hydrogen) atoms. The number of hydrogen-bond acceptors (Lipinski definition) is 4. The number of ether oxygens (including phenoxy) is 2. The van der Waals surface area contributed by atoms with Gasteiger partial charge in [0.25, 0.3) is 0 Å². The number of aliphatic hydroxyl groups excluding tert-OH is 1. The summed E-state index contributed by atoms with van der Waals surface area (Å²) in [6.45, 7) is 1.28. The number of fused-ring (bicyclic) bond motifs is 1. The van der Waals surface area contributed by atoms with E-state index in [4.69, 9.17) is 9.47 Å². The van der Waals surface area contributed by atoms with Crippen molar-refractivity contribution in [2.75, 3.05) is 20.3 Å². The van der Waals surface area contributed by atoms with E-state index in [0.29, 0.717) is 25.8 Å². The quantitative estimate of drug-likeness (QED) is 0.774. The maximum Gasteiger partial charge on any atom is 0.124 e. The van der Waals surface area contributed by atoms with Gasteiger partial charge in [-0.2, -0.15) is 0 Å². The van der Waals surface area contributed by atoms with Gasteiger partial charge in [-0.15, -0.1) is 0 Å². The van der Waals surface area contributed by atoms with Gasteiger partial charge < -0.3 is 19.9 Å². The maximum absolute atomic E-state index is 10.2. The third-order valence-corrected chi connectivity index (χ3v) is 4.73. The molecule has 3 rings (SSSR count). The van der Waals surface area contributed by atoms with Crippen LogP contribution in [0.15, 0.2) is 48.5 Å². The lowest BCUT2D eigenvalue weighted by molar-refractivity contribution is 0.0267. The lowest BCUT2D eigenvalue weighted by atomic mass is 9.88. The van der Waals surface area contributed by atoms with Gasteiger partial charge in [-0.3, -0.25) is 0 Å². The molecule has 4 nitrogen and oxygen atoms in total. The highest BCUT2D eigenvalue weighted by Gasteiger charge is 2.20. The highest BCUT2D eigenvalue weighted by Crippen LogP contribution is 2.29. The second-order valence-electron chi connectivity index (χ2n) is 6.53. The molecule has 0 fully saturated rings. The molecule has 0 amide bonds.